The van der Waals surface area contributed by atoms with E-state index >= 15 is 0 Å². The van der Waals surface area contributed by atoms with Crippen LogP contribution < -0.4 is 0 Å². The Labute approximate surface area is 433 Å². The van der Waals surface area contributed by atoms with Crippen molar-refractivity contribution in [2.45, 2.75) is 290 Å². The third-order valence-corrected chi connectivity index (χ3v) is 12.6. The maximum Gasteiger partial charge on any atom is 0.306 e. The first-order valence-electron chi connectivity index (χ1n) is 29.6. The number of allylic oxidation sites excluding steroid dienone is 14. The van der Waals surface area contributed by atoms with Gasteiger partial charge in [-0.25, -0.2) is 0 Å². The molecule has 1 atom stereocenters. The van der Waals surface area contributed by atoms with Gasteiger partial charge in [-0.3, -0.25) is 14.4 Å². The molecule has 402 valence electrons. The van der Waals surface area contributed by atoms with E-state index in [4.69, 9.17) is 14.2 Å². The fourth-order valence-corrected chi connectivity index (χ4v) is 8.21. The molecule has 0 radical (unpaired) electrons. The molecule has 6 nitrogen and oxygen atoms in total. The Hall–Kier alpha value is -3.41. The van der Waals surface area contributed by atoms with Gasteiger partial charge in [0, 0.05) is 19.3 Å². The van der Waals surface area contributed by atoms with Crippen molar-refractivity contribution in [1.29, 1.82) is 0 Å². The summed E-state index contributed by atoms with van der Waals surface area (Å²) in [5, 5.41) is 0. The molecule has 0 N–H and O–H groups in total. The number of hydrogen-bond donors (Lipinski definition) is 0. The second-order valence-corrected chi connectivity index (χ2v) is 19.5. The number of hydrogen-bond acceptors (Lipinski definition) is 6. The van der Waals surface area contributed by atoms with Crippen LogP contribution in [0.3, 0.4) is 0 Å². The molecule has 0 aliphatic carbocycles. The highest BCUT2D eigenvalue weighted by molar-refractivity contribution is 5.71. The average Bonchev–Trinajstić information content (AvgIpc) is 3.36. The largest absolute Gasteiger partial charge is 0.462 e. The summed E-state index contributed by atoms with van der Waals surface area (Å²) in [6.45, 7) is 6.51. The van der Waals surface area contributed by atoms with E-state index in [1.54, 1.807) is 0 Å². The first-order chi connectivity index (χ1) is 34.5. The van der Waals surface area contributed by atoms with Crippen molar-refractivity contribution in [2.24, 2.45) is 0 Å². The lowest BCUT2D eigenvalue weighted by molar-refractivity contribution is -0.167. The minimum atomic E-state index is -0.789. The predicted molar refractivity (Wildman–Crippen MR) is 302 cm³/mol. The summed E-state index contributed by atoms with van der Waals surface area (Å²) in [7, 11) is 0. The normalized spacial score (nSPS) is 12.7. The Morgan fingerprint density at radius 1 is 0.300 bits per heavy atom. The average molecular weight is 976 g/mol. The highest BCUT2D eigenvalue weighted by Crippen LogP contribution is 2.15. The standard InChI is InChI=1S/C64H110O6/c1-4-7-10-13-16-19-22-25-27-29-31-32-34-35-37-39-42-45-48-51-54-57-63(66)69-60-61(59-68-62(65)56-53-50-47-44-41-24-21-18-15-12-9-6-3)70-64(67)58-55-52-49-46-43-40-38-36-33-30-28-26-23-20-17-14-11-8-5-2/h8,11,17,20,22,25-26,28-29,31,33-36,61H,4-7,9-10,12-16,18-19,21,23-24,27,30,32,37-60H2,1-3H3/b11-8-,20-17-,25-22-,28-26-,31-29-,35-34-,36-33-. The van der Waals surface area contributed by atoms with Crippen LogP contribution in [-0.4, -0.2) is 37.2 Å². The van der Waals surface area contributed by atoms with Gasteiger partial charge in [0.05, 0.1) is 0 Å². The second-order valence-electron chi connectivity index (χ2n) is 19.5. The zero-order valence-corrected chi connectivity index (χ0v) is 46.0. The minimum Gasteiger partial charge on any atom is -0.462 e. The molecule has 0 aliphatic rings. The lowest BCUT2D eigenvalue weighted by atomic mass is 10.0. The first kappa shape index (κ1) is 66.6. The topological polar surface area (TPSA) is 78.9 Å². The van der Waals surface area contributed by atoms with Crippen molar-refractivity contribution >= 4 is 17.9 Å². The third-order valence-electron chi connectivity index (χ3n) is 12.6. The van der Waals surface area contributed by atoms with Crippen LogP contribution in [0.1, 0.15) is 284 Å². The van der Waals surface area contributed by atoms with Gasteiger partial charge in [0.1, 0.15) is 13.2 Å². The summed E-state index contributed by atoms with van der Waals surface area (Å²) in [6.07, 6.45) is 75.7. The monoisotopic (exact) mass is 975 g/mol. The van der Waals surface area contributed by atoms with E-state index < -0.39 is 6.10 Å². The molecule has 0 fully saturated rings. The van der Waals surface area contributed by atoms with Crippen molar-refractivity contribution in [3.05, 3.63) is 85.1 Å². The molecular weight excluding hydrogens is 865 g/mol. The van der Waals surface area contributed by atoms with E-state index in [2.05, 4.69) is 106 Å². The number of rotatable bonds is 53. The Morgan fingerprint density at radius 2 is 0.557 bits per heavy atom. The molecule has 0 saturated carbocycles. The van der Waals surface area contributed by atoms with Gasteiger partial charge in [-0.1, -0.05) is 254 Å². The Bertz CT molecular complexity index is 1350. The third kappa shape index (κ3) is 55.5. The van der Waals surface area contributed by atoms with Crippen molar-refractivity contribution in [2.75, 3.05) is 13.2 Å². The molecular formula is C64H110O6. The number of unbranched alkanes of at least 4 members (excludes halogenated alkanes) is 28. The van der Waals surface area contributed by atoms with Gasteiger partial charge < -0.3 is 14.2 Å². The van der Waals surface area contributed by atoms with Crippen LogP contribution in [0.4, 0.5) is 0 Å². The highest BCUT2D eigenvalue weighted by atomic mass is 16.6. The van der Waals surface area contributed by atoms with Gasteiger partial charge in [0.2, 0.25) is 0 Å². The maximum absolute atomic E-state index is 12.9. The number of carbonyl (C=O) groups is 3. The Kier molecular flexibility index (Phi) is 55.3. The molecule has 0 aromatic carbocycles. The van der Waals surface area contributed by atoms with Gasteiger partial charge in [-0.15, -0.1) is 0 Å². The fourth-order valence-electron chi connectivity index (χ4n) is 8.21. The number of carbonyl (C=O) groups excluding carboxylic acids is 3. The van der Waals surface area contributed by atoms with Crippen molar-refractivity contribution < 1.29 is 28.6 Å². The Morgan fingerprint density at radius 3 is 0.871 bits per heavy atom. The summed E-state index contributed by atoms with van der Waals surface area (Å²) in [5.74, 6) is -0.905. The molecule has 0 aliphatic heterocycles. The van der Waals surface area contributed by atoms with Gasteiger partial charge in [0.15, 0.2) is 6.10 Å². The van der Waals surface area contributed by atoms with Gasteiger partial charge in [-0.2, -0.15) is 0 Å². The molecule has 1 unspecified atom stereocenters. The van der Waals surface area contributed by atoms with Gasteiger partial charge in [0.25, 0.3) is 0 Å². The quantitative estimate of drug-likeness (QED) is 0.0261. The summed E-state index contributed by atoms with van der Waals surface area (Å²) < 4.78 is 16.9. The van der Waals surface area contributed by atoms with E-state index in [-0.39, 0.29) is 31.1 Å². The zero-order chi connectivity index (χ0) is 50.7. The lowest BCUT2D eigenvalue weighted by Crippen LogP contribution is -2.30. The van der Waals surface area contributed by atoms with Gasteiger partial charge >= 0.3 is 17.9 Å². The SMILES string of the molecule is CC/C=C\C/C=C\C/C=C\C/C=C\CCCCCCCCC(=O)OC(COC(=O)CCCCCCCC/C=C\C/C=C\C/C=C\CCCCCCC)COC(=O)CCCCCCCCCCCCCC. The van der Waals surface area contributed by atoms with E-state index in [1.165, 1.54) is 128 Å². The predicted octanol–water partition coefficient (Wildman–Crippen LogP) is 19.9. The van der Waals surface area contributed by atoms with Crippen LogP contribution in [-0.2, 0) is 28.6 Å². The molecule has 0 bridgehead atoms. The van der Waals surface area contributed by atoms with Crippen LogP contribution in [0.25, 0.3) is 0 Å². The van der Waals surface area contributed by atoms with E-state index in [0.29, 0.717) is 19.3 Å². The number of ether oxygens (including phenoxy) is 3. The molecule has 0 aromatic rings. The molecule has 0 heterocycles. The maximum atomic E-state index is 12.9. The second kappa shape index (κ2) is 58.2. The summed E-state index contributed by atoms with van der Waals surface area (Å²) in [4.78, 5) is 38.2. The lowest BCUT2D eigenvalue weighted by Gasteiger charge is -2.18. The highest BCUT2D eigenvalue weighted by Gasteiger charge is 2.19. The Balaban J connectivity index is 4.40. The van der Waals surface area contributed by atoms with Crippen LogP contribution in [0.2, 0.25) is 0 Å². The van der Waals surface area contributed by atoms with Crippen LogP contribution >= 0.6 is 0 Å². The first-order valence-corrected chi connectivity index (χ1v) is 29.6. The molecule has 0 aromatic heterocycles. The zero-order valence-electron chi connectivity index (χ0n) is 46.0. The van der Waals surface area contributed by atoms with Crippen molar-refractivity contribution in [3.63, 3.8) is 0 Å². The molecule has 70 heavy (non-hydrogen) atoms. The molecule has 0 spiro atoms. The molecule has 0 saturated heterocycles. The molecule has 6 heteroatoms. The minimum absolute atomic E-state index is 0.0851. The summed E-state index contributed by atoms with van der Waals surface area (Å²) in [5.41, 5.74) is 0. The van der Waals surface area contributed by atoms with Crippen LogP contribution in [0.5, 0.6) is 0 Å². The fraction of sp³-hybridized carbons (Fsp3) is 0.734. The molecule has 0 rings (SSSR count). The van der Waals surface area contributed by atoms with Crippen molar-refractivity contribution in [3.8, 4) is 0 Å². The smallest absolute Gasteiger partial charge is 0.306 e. The van der Waals surface area contributed by atoms with Gasteiger partial charge in [-0.05, 0) is 96.3 Å². The van der Waals surface area contributed by atoms with Crippen LogP contribution in [0, 0.1) is 0 Å². The van der Waals surface area contributed by atoms with Crippen LogP contribution in [0.15, 0.2) is 85.1 Å². The number of esters is 3. The van der Waals surface area contributed by atoms with E-state index in [0.717, 1.165) is 116 Å². The summed E-state index contributed by atoms with van der Waals surface area (Å²) in [6, 6.07) is 0. The summed E-state index contributed by atoms with van der Waals surface area (Å²) >= 11 is 0. The van der Waals surface area contributed by atoms with Crippen molar-refractivity contribution in [1.82, 2.24) is 0 Å². The van der Waals surface area contributed by atoms with E-state index in [9.17, 15) is 14.4 Å². The molecule has 0 amide bonds. The van der Waals surface area contributed by atoms with E-state index in [1.807, 2.05) is 0 Å².